The molecule has 0 atom stereocenters. The van der Waals surface area contributed by atoms with Gasteiger partial charge in [0.25, 0.3) is 0 Å². The molecule has 3 rings (SSSR count). The SMILES string of the molecule is CCNC(=NCc1cn2ccsc2n1)NCC1(CC)CCCC1. The average molecular weight is 334 g/mol. The summed E-state index contributed by atoms with van der Waals surface area (Å²) in [6, 6.07) is 0. The van der Waals surface area contributed by atoms with Gasteiger partial charge in [-0.3, -0.25) is 4.40 Å². The van der Waals surface area contributed by atoms with E-state index in [1.165, 1.54) is 32.1 Å². The van der Waals surface area contributed by atoms with Crippen molar-refractivity contribution in [3.05, 3.63) is 23.5 Å². The van der Waals surface area contributed by atoms with Gasteiger partial charge in [-0.1, -0.05) is 19.8 Å². The van der Waals surface area contributed by atoms with Gasteiger partial charge in [0.05, 0.1) is 12.2 Å². The van der Waals surface area contributed by atoms with Crippen LogP contribution in [-0.4, -0.2) is 28.4 Å². The molecule has 1 saturated carbocycles. The Morgan fingerprint density at radius 2 is 2.17 bits per heavy atom. The van der Waals surface area contributed by atoms with Crippen LogP contribution in [0.5, 0.6) is 0 Å². The van der Waals surface area contributed by atoms with Crippen LogP contribution in [0.2, 0.25) is 0 Å². The fourth-order valence-electron chi connectivity index (χ4n) is 3.41. The summed E-state index contributed by atoms with van der Waals surface area (Å²) in [4.78, 5) is 10.3. The molecule has 2 N–H and O–H groups in total. The Labute approximate surface area is 142 Å². The van der Waals surface area contributed by atoms with Gasteiger partial charge < -0.3 is 10.6 Å². The smallest absolute Gasteiger partial charge is 0.193 e. The molecule has 6 heteroatoms. The molecular weight excluding hydrogens is 306 g/mol. The second-order valence-electron chi connectivity index (χ2n) is 6.43. The van der Waals surface area contributed by atoms with Gasteiger partial charge in [0.15, 0.2) is 10.9 Å². The first-order valence-corrected chi connectivity index (χ1v) is 9.56. The number of hydrogen-bond donors (Lipinski definition) is 2. The van der Waals surface area contributed by atoms with E-state index in [4.69, 9.17) is 4.99 Å². The third kappa shape index (κ3) is 3.86. The molecule has 0 aliphatic heterocycles. The Balaban J connectivity index is 1.61. The number of thiazole rings is 1. The predicted octanol–water partition coefficient (Wildman–Crippen LogP) is 3.42. The van der Waals surface area contributed by atoms with Gasteiger partial charge in [-0.05, 0) is 31.6 Å². The van der Waals surface area contributed by atoms with E-state index in [1.807, 2.05) is 11.6 Å². The first-order chi connectivity index (χ1) is 11.2. The van der Waals surface area contributed by atoms with Crippen molar-refractivity contribution in [1.82, 2.24) is 20.0 Å². The maximum absolute atomic E-state index is 4.71. The van der Waals surface area contributed by atoms with E-state index in [2.05, 4.69) is 40.1 Å². The maximum Gasteiger partial charge on any atom is 0.193 e. The molecular formula is C17H27N5S. The number of aromatic nitrogens is 2. The van der Waals surface area contributed by atoms with Crippen molar-refractivity contribution in [2.24, 2.45) is 10.4 Å². The highest BCUT2D eigenvalue weighted by molar-refractivity contribution is 7.15. The monoisotopic (exact) mass is 333 g/mol. The second-order valence-corrected chi connectivity index (χ2v) is 7.31. The molecule has 1 aliphatic rings. The number of guanidine groups is 1. The number of aliphatic imine (C=N–C) groups is 1. The lowest BCUT2D eigenvalue weighted by Gasteiger charge is -2.28. The summed E-state index contributed by atoms with van der Waals surface area (Å²) in [5.74, 6) is 0.906. The molecule has 1 aliphatic carbocycles. The van der Waals surface area contributed by atoms with Gasteiger partial charge in [0.1, 0.15) is 0 Å². The van der Waals surface area contributed by atoms with E-state index in [0.717, 1.165) is 29.7 Å². The van der Waals surface area contributed by atoms with Crippen molar-refractivity contribution < 1.29 is 0 Å². The van der Waals surface area contributed by atoms with Gasteiger partial charge in [0, 0.05) is 30.9 Å². The molecule has 1 fully saturated rings. The Bertz CT molecular complexity index is 622. The van der Waals surface area contributed by atoms with Gasteiger partial charge in [-0.25, -0.2) is 9.98 Å². The van der Waals surface area contributed by atoms with Crippen molar-refractivity contribution >= 4 is 22.3 Å². The Hall–Kier alpha value is -1.56. The fraction of sp³-hybridized carbons (Fsp3) is 0.647. The van der Waals surface area contributed by atoms with Crippen molar-refractivity contribution in [2.75, 3.05) is 13.1 Å². The lowest BCUT2D eigenvalue weighted by atomic mass is 9.83. The van der Waals surface area contributed by atoms with Crippen molar-refractivity contribution in [2.45, 2.75) is 52.5 Å². The number of imidazole rings is 1. The first-order valence-electron chi connectivity index (χ1n) is 8.68. The van der Waals surface area contributed by atoms with E-state index >= 15 is 0 Å². The highest BCUT2D eigenvalue weighted by Crippen LogP contribution is 2.40. The quantitative estimate of drug-likeness (QED) is 0.629. The first kappa shape index (κ1) is 16.3. The van der Waals surface area contributed by atoms with E-state index in [9.17, 15) is 0 Å². The largest absolute Gasteiger partial charge is 0.357 e. The van der Waals surface area contributed by atoms with Crippen LogP contribution in [-0.2, 0) is 6.54 Å². The summed E-state index contributed by atoms with van der Waals surface area (Å²) in [5, 5.41) is 8.96. The molecule has 126 valence electrons. The summed E-state index contributed by atoms with van der Waals surface area (Å²) < 4.78 is 2.06. The van der Waals surface area contributed by atoms with E-state index in [-0.39, 0.29) is 0 Å². The molecule has 2 aromatic rings. The minimum Gasteiger partial charge on any atom is -0.357 e. The summed E-state index contributed by atoms with van der Waals surface area (Å²) in [6.45, 7) is 6.93. The van der Waals surface area contributed by atoms with E-state index in [0.29, 0.717) is 12.0 Å². The Morgan fingerprint density at radius 3 is 2.87 bits per heavy atom. The van der Waals surface area contributed by atoms with Crippen molar-refractivity contribution in [3.63, 3.8) is 0 Å². The van der Waals surface area contributed by atoms with Crippen LogP contribution in [0.25, 0.3) is 4.96 Å². The lowest BCUT2D eigenvalue weighted by molar-refractivity contribution is 0.283. The molecule has 0 amide bonds. The lowest BCUT2D eigenvalue weighted by Crippen LogP contribution is -2.42. The summed E-state index contributed by atoms with van der Waals surface area (Å²) in [5.41, 5.74) is 1.48. The molecule has 23 heavy (non-hydrogen) atoms. The molecule has 0 saturated heterocycles. The highest BCUT2D eigenvalue weighted by Gasteiger charge is 2.31. The zero-order valence-corrected chi connectivity index (χ0v) is 15.0. The molecule has 2 aromatic heterocycles. The summed E-state index contributed by atoms with van der Waals surface area (Å²) in [6.07, 6.45) is 10.8. The van der Waals surface area contributed by atoms with Gasteiger partial charge in [-0.2, -0.15) is 0 Å². The van der Waals surface area contributed by atoms with Crippen LogP contribution >= 0.6 is 11.3 Å². The van der Waals surface area contributed by atoms with Crippen molar-refractivity contribution in [3.8, 4) is 0 Å². The highest BCUT2D eigenvalue weighted by atomic mass is 32.1. The molecule has 0 unspecified atom stereocenters. The summed E-state index contributed by atoms with van der Waals surface area (Å²) >= 11 is 1.65. The van der Waals surface area contributed by atoms with E-state index in [1.54, 1.807) is 11.3 Å². The fourth-order valence-corrected chi connectivity index (χ4v) is 4.12. The zero-order chi connectivity index (χ0) is 16.1. The molecule has 0 bridgehead atoms. The third-order valence-electron chi connectivity index (χ3n) is 4.93. The van der Waals surface area contributed by atoms with E-state index < -0.39 is 0 Å². The minimum atomic E-state index is 0.465. The molecule has 2 heterocycles. The van der Waals surface area contributed by atoms with Gasteiger partial charge in [0.2, 0.25) is 0 Å². The topological polar surface area (TPSA) is 53.7 Å². The minimum absolute atomic E-state index is 0.465. The second kappa shape index (κ2) is 7.34. The number of hydrogen-bond acceptors (Lipinski definition) is 3. The Kier molecular flexibility index (Phi) is 5.20. The maximum atomic E-state index is 4.71. The number of fused-ring (bicyclic) bond motifs is 1. The zero-order valence-electron chi connectivity index (χ0n) is 14.1. The summed E-state index contributed by atoms with van der Waals surface area (Å²) in [7, 11) is 0. The number of nitrogens with one attached hydrogen (secondary N) is 2. The van der Waals surface area contributed by atoms with Gasteiger partial charge >= 0.3 is 0 Å². The normalized spacial score (nSPS) is 17.7. The van der Waals surface area contributed by atoms with Crippen molar-refractivity contribution in [1.29, 1.82) is 0 Å². The Morgan fingerprint density at radius 1 is 1.35 bits per heavy atom. The van der Waals surface area contributed by atoms with Crippen LogP contribution in [0, 0.1) is 5.41 Å². The third-order valence-corrected chi connectivity index (χ3v) is 5.70. The van der Waals surface area contributed by atoms with Crippen LogP contribution in [0.15, 0.2) is 22.8 Å². The van der Waals surface area contributed by atoms with Crippen LogP contribution in [0.1, 0.15) is 51.6 Å². The number of rotatable bonds is 6. The van der Waals surface area contributed by atoms with Crippen LogP contribution in [0.3, 0.4) is 0 Å². The molecule has 5 nitrogen and oxygen atoms in total. The standard InChI is InChI=1S/C17H27N5S/c1-3-17(7-5-6-8-17)13-20-15(18-4-2)19-11-14-12-22-9-10-23-16(22)21-14/h9-10,12H,3-8,11,13H2,1-2H3,(H2,18,19,20). The van der Waals surface area contributed by atoms with Gasteiger partial charge in [-0.15, -0.1) is 11.3 Å². The molecule has 0 aromatic carbocycles. The van der Waals surface area contributed by atoms with Crippen LogP contribution < -0.4 is 10.6 Å². The predicted molar refractivity (Wildman–Crippen MR) is 97.1 cm³/mol. The molecule has 0 spiro atoms. The van der Waals surface area contributed by atoms with Crippen LogP contribution in [0.4, 0.5) is 0 Å². The molecule has 0 radical (unpaired) electrons. The number of nitrogens with zero attached hydrogens (tertiary/aromatic N) is 3. The average Bonchev–Trinajstić information content (AvgIpc) is 3.26.